The highest BCUT2D eigenvalue weighted by Crippen LogP contribution is 2.32. The number of halogens is 3. The van der Waals surface area contributed by atoms with Gasteiger partial charge in [-0.15, -0.1) is 0 Å². The van der Waals surface area contributed by atoms with Gasteiger partial charge >= 0.3 is 6.03 Å². The van der Waals surface area contributed by atoms with Gasteiger partial charge in [-0.05, 0) is 31.0 Å². The Balaban J connectivity index is 1.66. The molecular formula is C18H19Cl2FN4O. The highest BCUT2D eigenvalue weighted by Gasteiger charge is 2.27. The maximum absolute atomic E-state index is 13.2. The van der Waals surface area contributed by atoms with Crippen molar-refractivity contribution in [2.75, 3.05) is 10.6 Å². The Morgan fingerprint density at radius 3 is 2.50 bits per heavy atom. The van der Waals surface area contributed by atoms with Gasteiger partial charge in [0.15, 0.2) is 0 Å². The van der Waals surface area contributed by atoms with Crippen molar-refractivity contribution in [3.63, 3.8) is 0 Å². The highest BCUT2D eigenvalue weighted by molar-refractivity contribution is 6.38. The summed E-state index contributed by atoms with van der Waals surface area (Å²) in [6, 6.07) is 5.29. The first kappa shape index (κ1) is 18.7. The van der Waals surface area contributed by atoms with Crippen LogP contribution in [-0.2, 0) is 0 Å². The number of amides is 2. The molecule has 1 aromatic carbocycles. The average molecular weight is 397 g/mol. The van der Waals surface area contributed by atoms with Crippen LogP contribution in [0.15, 0.2) is 36.7 Å². The monoisotopic (exact) mass is 396 g/mol. The van der Waals surface area contributed by atoms with Gasteiger partial charge in [0.25, 0.3) is 0 Å². The maximum atomic E-state index is 13.2. The Kier molecular flexibility index (Phi) is 6.16. The number of hydrogen-bond acceptors (Lipinski definition) is 3. The minimum Gasteiger partial charge on any atom is -0.378 e. The van der Waals surface area contributed by atoms with Crippen LogP contribution in [-0.4, -0.2) is 23.1 Å². The van der Waals surface area contributed by atoms with Gasteiger partial charge in [-0.25, -0.2) is 9.18 Å². The minimum atomic E-state index is -0.401. The zero-order chi connectivity index (χ0) is 18.5. The molecule has 5 nitrogen and oxygen atoms in total. The van der Waals surface area contributed by atoms with Gasteiger partial charge in [-0.2, -0.15) is 0 Å². The van der Waals surface area contributed by atoms with Crippen LogP contribution < -0.4 is 16.0 Å². The number of hydrogen-bond donors (Lipinski definition) is 3. The number of rotatable bonds is 4. The summed E-state index contributed by atoms with van der Waals surface area (Å²) in [6.45, 7) is 0. The van der Waals surface area contributed by atoms with Gasteiger partial charge in [0.2, 0.25) is 0 Å². The van der Waals surface area contributed by atoms with Crippen LogP contribution in [0.4, 0.5) is 20.6 Å². The van der Waals surface area contributed by atoms with Gasteiger partial charge in [0.05, 0.1) is 21.8 Å². The summed E-state index contributed by atoms with van der Waals surface area (Å²) in [5.74, 6) is -0.401. The lowest BCUT2D eigenvalue weighted by atomic mass is 9.90. The quantitative estimate of drug-likeness (QED) is 0.675. The minimum absolute atomic E-state index is 0.0144. The van der Waals surface area contributed by atoms with E-state index in [0.29, 0.717) is 21.4 Å². The second kappa shape index (κ2) is 8.56. The number of nitrogens with one attached hydrogen (secondary N) is 3. The Bertz CT molecular complexity index is 769. The number of benzene rings is 1. The van der Waals surface area contributed by atoms with Crippen molar-refractivity contribution >= 4 is 40.6 Å². The third-order valence-electron chi connectivity index (χ3n) is 4.35. The van der Waals surface area contributed by atoms with E-state index in [1.54, 1.807) is 12.1 Å². The van der Waals surface area contributed by atoms with E-state index in [2.05, 4.69) is 20.9 Å². The van der Waals surface area contributed by atoms with Gasteiger partial charge in [0, 0.05) is 24.1 Å². The molecule has 0 aliphatic heterocycles. The molecule has 1 aliphatic carbocycles. The van der Waals surface area contributed by atoms with E-state index in [0.717, 1.165) is 25.7 Å². The van der Waals surface area contributed by atoms with Gasteiger partial charge in [0.1, 0.15) is 5.82 Å². The molecule has 3 rings (SSSR count). The van der Waals surface area contributed by atoms with E-state index in [1.807, 2.05) is 0 Å². The Hall–Kier alpha value is -2.05. The molecule has 0 radical (unpaired) electrons. The van der Waals surface area contributed by atoms with Crippen molar-refractivity contribution in [1.29, 1.82) is 0 Å². The van der Waals surface area contributed by atoms with E-state index < -0.39 is 5.82 Å². The first-order valence-corrected chi connectivity index (χ1v) is 9.17. The highest BCUT2D eigenvalue weighted by atomic mass is 35.5. The van der Waals surface area contributed by atoms with Crippen LogP contribution in [0.3, 0.4) is 0 Å². The molecule has 1 aromatic heterocycles. The van der Waals surface area contributed by atoms with Gasteiger partial charge in [-0.1, -0.05) is 42.1 Å². The van der Waals surface area contributed by atoms with Crippen molar-refractivity contribution < 1.29 is 9.18 Å². The average Bonchev–Trinajstić information content (AvgIpc) is 2.59. The fourth-order valence-electron chi connectivity index (χ4n) is 3.11. The predicted octanol–water partition coefficient (Wildman–Crippen LogP) is 5.07. The summed E-state index contributed by atoms with van der Waals surface area (Å²) >= 11 is 12.4. The fraction of sp³-hybridized carbons (Fsp3) is 0.333. The lowest BCUT2D eigenvalue weighted by molar-refractivity contribution is 0.242. The lowest BCUT2D eigenvalue weighted by Gasteiger charge is -2.33. The van der Waals surface area contributed by atoms with Crippen LogP contribution in [0.5, 0.6) is 0 Å². The molecule has 0 spiro atoms. The number of anilines is 2. The van der Waals surface area contributed by atoms with E-state index in [4.69, 9.17) is 23.2 Å². The van der Waals surface area contributed by atoms with Crippen LogP contribution in [0.25, 0.3) is 0 Å². The molecule has 8 heteroatoms. The molecule has 3 N–H and O–H groups in total. The van der Waals surface area contributed by atoms with Crippen molar-refractivity contribution in [1.82, 2.24) is 10.3 Å². The summed E-state index contributed by atoms with van der Waals surface area (Å²) in [4.78, 5) is 16.2. The first-order valence-electron chi connectivity index (χ1n) is 8.41. The van der Waals surface area contributed by atoms with E-state index in [1.165, 1.54) is 24.5 Å². The normalized spacial score (nSPS) is 19.7. The second-order valence-electron chi connectivity index (χ2n) is 6.23. The zero-order valence-electron chi connectivity index (χ0n) is 13.9. The van der Waals surface area contributed by atoms with Crippen molar-refractivity contribution in [3.8, 4) is 0 Å². The van der Waals surface area contributed by atoms with Crippen LogP contribution in [0.1, 0.15) is 25.7 Å². The SMILES string of the molecule is O=C(Nc1cccc(F)c1)N[C@H]1CCCC[C@@H]1Nc1c(Cl)cncc1Cl. The molecule has 0 unspecified atom stereocenters. The molecule has 1 aliphatic rings. The molecule has 1 heterocycles. The summed E-state index contributed by atoms with van der Waals surface area (Å²) in [5, 5.41) is 9.83. The summed E-state index contributed by atoms with van der Waals surface area (Å²) in [6.07, 6.45) is 6.81. The number of nitrogens with zero attached hydrogens (tertiary/aromatic N) is 1. The van der Waals surface area contributed by atoms with Crippen molar-refractivity contribution in [2.45, 2.75) is 37.8 Å². The third-order valence-corrected chi connectivity index (χ3v) is 4.92. The summed E-state index contributed by atoms with van der Waals surface area (Å²) in [7, 11) is 0. The number of aromatic nitrogens is 1. The smallest absolute Gasteiger partial charge is 0.319 e. The van der Waals surface area contributed by atoms with Gasteiger partial charge in [-0.3, -0.25) is 4.98 Å². The van der Waals surface area contributed by atoms with Crippen molar-refractivity contribution in [2.24, 2.45) is 0 Å². The lowest BCUT2D eigenvalue weighted by Crippen LogP contribution is -2.49. The predicted molar refractivity (Wildman–Crippen MR) is 102 cm³/mol. The molecule has 0 bridgehead atoms. The number of pyridine rings is 1. The van der Waals surface area contributed by atoms with Crippen LogP contribution in [0.2, 0.25) is 10.0 Å². The van der Waals surface area contributed by atoms with Crippen LogP contribution >= 0.6 is 23.2 Å². The molecule has 0 saturated heterocycles. The van der Waals surface area contributed by atoms with E-state index >= 15 is 0 Å². The fourth-order valence-corrected chi connectivity index (χ4v) is 3.59. The molecule has 2 atom stereocenters. The molecule has 2 aromatic rings. The number of urea groups is 1. The molecule has 1 saturated carbocycles. The number of carbonyl (C=O) groups is 1. The van der Waals surface area contributed by atoms with E-state index in [9.17, 15) is 9.18 Å². The van der Waals surface area contributed by atoms with Crippen LogP contribution in [0, 0.1) is 5.82 Å². The zero-order valence-corrected chi connectivity index (χ0v) is 15.4. The third kappa shape index (κ3) is 4.77. The Morgan fingerprint density at radius 1 is 1.12 bits per heavy atom. The Morgan fingerprint density at radius 2 is 1.81 bits per heavy atom. The molecule has 138 valence electrons. The van der Waals surface area contributed by atoms with Gasteiger partial charge < -0.3 is 16.0 Å². The van der Waals surface area contributed by atoms with Crippen molar-refractivity contribution in [3.05, 3.63) is 52.5 Å². The van der Waals surface area contributed by atoms with E-state index in [-0.39, 0.29) is 18.1 Å². The topological polar surface area (TPSA) is 66.1 Å². The second-order valence-corrected chi connectivity index (χ2v) is 7.04. The standard InChI is InChI=1S/C18H19Cl2FN4O/c19-13-9-22-10-14(20)17(13)24-15-6-1-2-7-16(15)25-18(26)23-12-5-3-4-11(21)8-12/h3-5,8-10,15-16H,1-2,6-7H2,(H,22,24)(H2,23,25,26)/t15-,16-/m0/s1. The maximum Gasteiger partial charge on any atom is 0.319 e. The summed E-state index contributed by atoms with van der Waals surface area (Å²) in [5.41, 5.74) is 1.02. The molecule has 2 amide bonds. The molecular weight excluding hydrogens is 378 g/mol. The number of carbonyl (C=O) groups excluding carboxylic acids is 1. The molecule has 26 heavy (non-hydrogen) atoms. The molecule has 1 fully saturated rings. The Labute approximate surface area is 161 Å². The first-order chi connectivity index (χ1) is 12.5. The largest absolute Gasteiger partial charge is 0.378 e. The summed E-state index contributed by atoms with van der Waals surface area (Å²) < 4.78 is 13.2.